The molecule has 0 aliphatic carbocycles. The van der Waals surface area contributed by atoms with Crippen molar-refractivity contribution in [2.45, 2.75) is 32.6 Å². The zero-order valence-electron chi connectivity index (χ0n) is 14.9. The van der Waals surface area contributed by atoms with Crippen LogP contribution in [-0.2, 0) is 5.41 Å². The van der Waals surface area contributed by atoms with Gasteiger partial charge in [0.2, 0.25) is 0 Å². The SMILES string of the molecule is CC(C)(C)c1ccc(OCCCNC(=O)Nc2ccccc2Cl)cc1. The molecule has 134 valence electrons. The molecule has 0 aliphatic heterocycles. The molecule has 0 fully saturated rings. The van der Waals surface area contributed by atoms with Gasteiger partial charge in [0.15, 0.2) is 0 Å². The van der Waals surface area contributed by atoms with Gasteiger partial charge in [0, 0.05) is 6.54 Å². The molecule has 2 aromatic carbocycles. The Kier molecular flexibility index (Phi) is 6.71. The number of ether oxygens (including phenoxy) is 1. The van der Waals surface area contributed by atoms with Gasteiger partial charge in [-0.2, -0.15) is 0 Å². The largest absolute Gasteiger partial charge is 0.494 e. The Morgan fingerprint density at radius 2 is 1.76 bits per heavy atom. The molecule has 0 bridgehead atoms. The summed E-state index contributed by atoms with van der Waals surface area (Å²) in [6.45, 7) is 7.62. The normalized spacial score (nSPS) is 11.0. The average molecular weight is 361 g/mol. The van der Waals surface area contributed by atoms with Gasteiger partial charge in [0.1, 0.15) is 5.75 Å². The minimum absolute atomic E-state index is 0.136. The number of hydrogen-bond donors (Lipinski definition) is 2. The van der Waals surface area contributed by atoms with Crippen molar-refractivity contribution in [2.75, 3.05) is 18.5 Å². The van der Waals surface area contributed by atoms with E-state index >= 15 is 0 Å². The summed E-state index contributed by atoms with van der Waals surface area (Å²) in [6, 6.07) is 15.0. The number of halogens is 1. The van der Waals surface area contributed by atoms with Crippen molar-refractivity contribution >= 4 is 23.3 Å². The summed E-state index contributed by atoms with van der Waals surface area (Å²) in [5.41, 5.74) is 2.01. The van der Waals surface area contributed by atoms with Gasteiger partial charge >= 0.3 is 6.03 Å². The van der Waals surface area contributed by atoms with Crippen LogP contribution in [0.1, 0.15) is 32.8 Å². The number of carbonyl (C=O) groups excluding carboxylic acids is 1. The van der Waals surface area contributed by atoms with Crippen molar-refractivity contribution in [3.63, 3.8) is 0 Å². The Bertz CT molecular complexity index is 694. The van der Waals surface area contributed by atoms with E-state index in [1.807, 2.05) is 24.3 Å². The molecule has 5 heteroatoms. The molecule has 2 N–H and O–H groups in total. The number of carbonyl (C=O) groups is 1. The van der Waals surface area contributed by atoms with E-state index in [2.05, 4.69) is 43.5 Å². The highest BCUT2D eigenvalue weighted by Crippen LogP contribution is 2.24. The lowest BCUT2D eigenvalue weighted by molar-refractivity contribution is 0.250. The van der Waals surface area contributed by atoms with Crippen molar-refractivity contribution in [1.29, 1.82) is 0 Å². The van der Waals surface area contributed by atoms with Crippen LogP contribution < -0.4 is 15.4 Å². The van der Waals surface area contributed by atoms with Crippen LogP contribution in [0.25, 0.3) is 0 Å². The molecule has 25 heavy (non-hydrogen) atoms. The standard InChI is InChI=1S/C20H25ClN2O2/c1-20(2,3)15-9-11-16(12-10-15)25-14-6-13-22-19(24)23-18-8-5-4-7-17(18)21/h4-5,7-12H,6,13-14H2,1-3H3,(H2,22,23,24). The van der Waals surface area contributed by atoms with Gasteiger partial charge in [-0.15, -0.1) is 0 Å². The third-order valence-electron chi connectivity index (χ3n) is 3.72. The minimum Gasteiger partial charge on any atom is -0.494 e. The summed E-state index contributed by atoms with van der Waals surface area (Å²) in [7, 11) is 0. The Morgan fingerprint density at radius 1 is 1.08 bits per heavy atom. The van der Waals surface area contributed by atoms with Crippen LogP contribution in [0.2, 0.25) is 5.02 Å². The first kappa shape index (κ1) is 19.1. The second-order valence-corrected chi connectivity index (χ2v) is 7.24. The predicted octanol–water partition coefficient (Wildman–Crippen LogP) is 5.23. The number of rotatable bonds is 6. The van der Waals surface area contributed by atoms with Gasteiger partial charge < -0.3 is 15.4 Å². The summed E-state index contributed by atoms with van der Waals surface area (Å²) >= 11 is 6.00. The maximum atomic E-state index is 11.8. The fourth-order valence-electron chi connectivity index (χ4n) is 2.24. The van der Waals surface area contributed by atoms with Crippen LogP contribution in [0.15, 0.2) is 48.5 Å². The van der Waals surface area contributed by atoms with Gasteiger partial charge in [-0.3, -0.25) is 0 Å². The molecule has 0 spiro atoms. The second kappa shape index (κ2) is 8.77. The molecule has 4 nitrogen and oxygen atoms in total. The summed E-state index contributed by atoms with van der Waals surface area (Å²) < 4.78 is 5.70. The molecule has 2 amide bonds. The summed E-state index contributed by atoms with van der Waals surface area (Å²) in [5, 5.41) is 6.01. The fourth-order valence-corrected chi connectivity index (χ4v) is 2.43. The monoisotopic (exact) mass is 360 g/mol. The van der Waals surface area contributed by atoms with Crippen LogP contribution in [0.5, 0.6) is 5.75 Å². The lowest BCUT2D eigenvalue weighted by Crippen LogP contribution is -2.30. The van der Waals surface area contributed by atoms with E-state index in [-0.39, 0.29) is 11.4 Å². The average Bonchev–Trinajstić information content (AvgIpc) is 2.56. The lowest BCUT2D eigenvalue weighted by Gasteiger charge is -2.19. The molecule has 0 aromatic heterocycles. The van der Waals surface area contributed by atoms with E-state index in [1.54, 1.807) is 12.1 Å². The molecule has 2 aromatic rings. The highest BCUT2D eigenvalue weighted by Gasteiger charge is 2.12. The van der Waals surface area contributed by atoms with Crippen LogP contribution in [0.4, 0.5) is 10.5 Å². The van der Waals surface area contributed by atoms with Gasteiger partial charge in [0.05, 0.1) is 17.3 Å². The first-order valence-corrected chi connectivity index (χ1v) is 8.77. The van der Waals surface area contributed by atoms with Gasteiger partial charge in [0.25, 0.3) is 0 Å². The molecule has 0 aliphatic rings. The summed E-state index contributed by atoms with van der Waals surface area (Å²) in [5.74, 6) is 0.841. The zero-order chi connectivity index (χ0) is 18.3. The molecule has 0 atom stereocenters. The quantitative estimate of drug-likeness (QED) is 0.693. The number of para-hydroxylation sites is 1. The number of amides is 2. The van der Waals surface area contributed by atoms with Crippen molar-refractivity contribution < 1.29 is 9.53 Å². The molecule has 0 heterocycles. The molecule has 2 rings (SSSR count). The Balaban J connectivity index is 1.66. The second-order valence-electron chi connectivity index (χ2n) is 6.84. The van der Waals surface area contributed by atoms with E-state index in [0.717, 1.165) is 12.2 Å². The van der Waals surface area contributed by atoms with E-state index in [0.29, 0.717) is 23.9 Å². The molecular formula is C20H25ClN2O2. The van der Waals surface area contributed by atoms with Crippen molar-refractivity contribution in [3.8, 4) is 5.75 Å². The minimum atomic E-state index is -0.275. The maximum Gasteiger partial charge on any atom is 0.319 e. The molecular weight excluding hydrogens is 336 g/mol. The molecule has 0 radical (unpaired) electrons. The Labute approximate surface area is 154 Å². The fraction of sp³-hybridized carbons (Fsp3) is 0.350. The number of urea groups is 1. The zero-order valence-corrected chi connectivity index (χ0v) is 15.7. The van der Waals surface area contributed by atoms with Crippen LogP contribution in [-0.4, -0.2) is 19.2 Å². The van der Waals surface area contributed by atoms with E-state index in [9.17, 15) is 4.79 Å². The molecule has 0 saturated heterocycles. The third kappa shape index (κ3) is 6.31. The smallest absolute Gasteiger partial charge is 0.319 e. The predicted molar refractivity (Wildman–Crippen MR) is 104 cm³/mol. The number of nitrogens with one attached hydrogen (secondary N) is 2. The van der Waals surface area contributed by atoms with Crippen molar-refractivity contribution in [2.24, 2.45) is 0 Å². The number of benzene rings is 2. The number of anilines is 1. The van der Waals surface area contributed by atoms with Crippen LogP contribution >= 0.6 is 11.6 Å². The summed E-state index contributed by atoms with van der Waals surface area (Å²) in [6.07, 6.45) is 0.719. The first-order chi connectivity index (χ1) is 11.9. The van der Waals surface area contributed by atoms with Gasteiger partial charge in [-0.25, -0.2) is 4.79 Å². The highest BCUT2D eigenvalue weighted by atomic mass is 35.5. The van der Waals surface area contributed by atoms with Crippen molar-refractivity contribution in [1.82, 2.24) is 5.32 Å². The van der Waals surface area contributed by atoms with E-state index < -0.39 is 0 Å². The van der Waals surface area contributed by atoms with E-state index in [4.69, 9.17) is 16.3 Å². The van der Waals surface area contributed by atoms with Gasteiger partial charge in [-0.05, 0) is 41.7 Å². The van der Waals surface area contributed by atoms with Gasteiger partial charge in [-0.1, -0.05) is 56.6 Å². The highest BCUT2D eigenvalue weighted by molar-refractivity contribution is 6.33. The lowest BCUT2D eigenvalue weighted by atomic mass is 9.87. The van der Waals surface area contributed by atoms with Crippen molar-refractivity contribution in [3.05, 3.63) is 59.1 Å². The molecule has 0 unspecified atom stereocenters. The third-order valence-corrected chi connectivity index (χ3v) is 4.05. The van der Waals surface area contributed by atoms with Crippen LogP contribution in [0, 0.1) is 0 Å². The number of hydrogen-bond acceptors (Lipinski definition) is 2. The first-order valence-electron chi connectivity index (χ1n) is 8.39. The Hall–Kier alpha value is -2.20. The summed E-state index contributed by atoms with van der Waals surface area (Å²) in [4.78, 5) is 11.8. The molecule has 0 saturated carbocycles. The van der Waals surface area contributed by atoms with E-state index in [1.165, 1.54) is 5.56 Å². The maximum absolute atomic E-state index is 11.8. The topological polar surface area (TPSA) is 50.4 Å². The Morgan fingerprint density at radius 3 is 2.40 bits per heavy atom. The van der Waals surface area contributed by atoms with Crippen LogP contribution in [0.3, 0.4) is 0 Å².